The molecule has 0 bridgehead atoms. The van der Waals surface area contributed by atoms with Crippen molar-refractivity contribution in [3.63, 3.8) is 0 Å². The third-order valence-electron chi connectivity index (χ3n) is 14.6. The maximum Gasteiger partial charge on any atom is 0.137 e. The van der Waals surface area contributed by atoms with E-state index >= 15 is 0 Å². The average molecular weight is 1200 g/mol. The van der Waals surface area contributed by atoms with E-state index in [9.17, 15) is 0 Å². The number of aryl methyl sites for hydroxylation is 2. The molecule has 0 aliphatic carbocycles. The van der Waals surface area contributed by atoms with E-state index in [1.54, 1.807) is 26.3 Å². The van der Waals surface area contributed by atoms with Gasteiger partial charge in [0.2, 0.25) is 0 Å². The van der Waals surface area contributed by atoms with E-state index < -0.39 is 26.6 Å². The molecule has 1 N–H and O–H groups in total. The standard InChI is InChI=1S/C21H28N3Si.C20H19N3S.C5H5BrS.3C4H9.3CH4.Sn/c1-21(2,3)25(6,7)24-13-12-17-14-18(15-22-20(17)24)16-8-10-19(11-9-16)23(4)5;1-13-11-24-12-19(13)18-10-22-20-17(18)8-15(9-21-20)14-4-6-16(7-5-14)23(2)3;1-4-2-7-3-5(4)6;3*1-3-4-2;;;;/h8-11,13-15H,1-7H3;4-12H,1-3H3,(H,21,22);2-3H,1H3;3*1,3-4H2,2H3;3*1H4;. The molecule has 392 valence electrons. The van der Waals surface area contributed by atoms with Crippen LogP contribution in [0.25, 0.3) is 55.4 Å². The van der Waals surface area contributed by atoms with Gasteiger partial charge in [-0.05, 0) is 86.4 Å². The van der Waals surface area contributed by atoms with Gasteiger partial charge in [-0.3, -0.25) is 0 Å². The van der Waals surface area contributed by atoms with Crippen molar-refractivity contribution in [2.75, 3.05) is 38.0 Å². The quantitative estimate of drug-likeness (QED) is 0.0980. The summed E-state index contributed by atoms with van der Waals surface area (Å²) in [6.07, 6.45) is 16.9. The topological polar surface area (TPSA) is 53.0 Å². The smallest absolute Gasteiger partial charge is 0.137 e. The van der Waals surface area contributed by atoms with Crippen molar-refractivity contribution in [1.29, 1.82) is 0 Å². The molecule has 0 radical (unpaired) electrons. The summed E-state index contributed by atoms with van der Waals surface area (Å²) >= 11 is 4.13. The van der Waals surface area contributed by atoms with Crippen LogP contribution in [0.15, 0.2) is 111 Å². The molecule has 0 unspecified atom stereocenters. The SMILES string of the molecule is C.C.C.CCC[CH2][Sn]([CH2]CCC)([CH2]CCC)[c]1cn([Si](C)(C)C(C)(C)C)c2ncc(-c3ccc(N(C)C)cc3)cc12.Cc1cscc1-c1c[nH]c2ncc(-c3ccc(N(C)C)cc3)cc12.Cc1cscc1Br. The second kappa shape index (κ2) is 27.7. The van der Waals surface area contributed by atoms with Crippen LogP contribution in [0.2, 0.25) is 31.4 Å². The van der Waals surface area contributed by atoms with Crippen molar-refractivity contribution < 1.29 is 0 Å². The minimum absolute atomic E-state index is 0. The molecular weight excluding hydrogens is 1110 g/mol. The predicted molar refractivity (Wildman–Crippen MR) is 337 cm³/mol. The minimum Gasteiger partial charge on any atom is -0.378 e. The number of aromatic amines is 1. The van der Waals surface area contributed by atoms with E-state index in [1.807, 2.05) is 6.20 Å². The van der Waals surface area contributed by atoms with E-state index in [0.717, 1.165) is 11.2 Å². The van der Waals surface area contributed by atoms with Gasteiger partial charge >= 0.3 is 240 Å². The molecule has 0 saturated carbocycles. The number of nitrogens with one attached hydrogen (secondary N) is 1. The Hall–Kier alpha value is -3.68. The Morgan fingerprint density at radius 3 is 1.51 bits per heavy atom. The largest absolute Gasteiger partial charge is 0.378 e. The van der Waals surface area contributed by atoms with Crippen molar-refractivity contribution in [3.8, 4) is 33.4 Å². The maximum atomic E-state index is 5.29. The normalized spacial score (nSPS) is 11.4. The van der Waals surface area contributed by atoms with E-state index in [2.05, 4.69) is 237 Å². The zero-order valence-electron chi connectivity index (χ0n) is 44.2. The minimum atomic E-state index is -2.70. The monoisotopic (exact) mass is 1200 g/mol. The molecule has 0 saturated heterocycles. The van der Waals surface area contributed by atoms with Crippen LogP contribution < -0.4 is 13.4 Å². The second-order valence-corrected chi connectivity index (χ2v) is 41.6. The summed E-state index contributed by atoms with van der Waals surface area (Å²) in [6, 6.07) is 22.3. The zero-order valence-corrected chi connectivity index (χ0v) is 51.3. The number of hydrogen-bond donors (Lipinski definition) is 1. The van der Waals surface area contributed by atoms with Crippen LogP contribution in [0.1, 0.15) is 113 Å². The number of thiophene rings is 2. The van der Waals surface area contributed by atoms with Gasteiger partial charge in [0, 0.05) is 58.5 Å². The summed E-state index contributed by atoms with van der Waals surface area (Å²) in [5.74, 6) is 0. The molecule has 6 heterocycles. The first-order valence-electron chi connectivity index (χ1n) is 25.1. The molecule has 0 amide bonds. The average Bonchev–Trinajstić information content (AvgIpc) is 4.15. The van der Waals surface area contributed by atoms with E-state index in [1.165, 1.54) is 123 Å². The molecular formula is C61H91BrN6S2SiSn. The van der Waals surface area contributed by atoms with Crippen LogP contribution in [-0.4, -0.2) is 74.0 Å². The number of halogens is 1. The Morgan fingerprint density at radius 2 is 1.11 bits per heavy atom. The molecule has 11 heteroatoms. The van der Waals surface area contributed by atoms with Crippen LogP contribution >= 0.6 is 38.6 Å². The summed E-state index contributed by atoms with van der Waals surface area (Å²) in [4.78, 5) is 17.5. The van der Waals surface area contributed by atoms with Crippen molar-refractivity contribution in [1.82, 2.24) is 19.2 Å². The first-order valence-corrected chi connectivity index (χ1v) is 38.2. The van der Waals surface area contributed by atoms with Crippen molar-refractivity contribution in [2.24, 2.45) is 0 Å². The number of fused-ring (bicyclic) bond motifs is 2. The van der Waals surface area contributed by atoms with Crippen molar-refractivity contribution >= 4 is 102 Å². The number of rotatable bonds is 16. The van der Waals surface area contributed by atoms with Gasteiger partial charge in [-0.1, -0.05) is 34.4 Å². The maximum absolute atomic E-state index is 5.29. The van der Waals surface area contributed by atoms with E-state index in [0.29, 0.717) is 0 Å². The van der Waals surface area contributed by atoms with Gasteiger partial charge < -0.3 is 9.88 Å². The molecule has 0 fully saturated rings. The molecule has 0 spiro atoms. The first-order chi connectivity index (χ1) is 32.8. The van der Waals surface area contributed by atoms with Crippen molar-refractivity contribution in [2.45, 2.75) is 148 Å². The van der Waals surface area contributed by atoms with Crippen LogP contribution in [0.3, 0.4) is 0 Å². The fourth-order valence-corrected chi connectivity index (χ4v) is 30.0. The number of aromatic nitrogens is 4. The van der Waals surface area contributed by atoms with E-state index in [-0.39, 0.29) is 27.3 Å². The number of H-pyrrole nitrogens is 1. The van der Waals surface area contributed by atoms with Crippen LogP contribution in [0, 0.1) is 13.8 Å². The Kier molecular flexibility index (Phi) is 24.1. The molecule has 6 nitrogen and oxygen atoms in total. The fraction of sp³-hybridized carbons (Fsp3) is 0.443. The molecule has 0 atom stereocenters. The molecule has 6 aromatic heterocycles. The predicted octanol–water partition coefficient (Wildman–Crippen LogP) is 19.7. The molecule has 8 aromatic rings. The Labute approximate surface area is 459 Å². The van der Waals surface area contributed by atoms with Gasteiger partial charge in [-0.25, -0.2) is 4.98 Å². The Bertz CT molecular complexity index is 2830. The second-order valence-electron chi connectivity index (χ2n) is 21.0. The summed E-state index contributed by atoms with van der Waals surface area (Å²) in [6.45, 7) is 23.8. The van der Waals surface area contributed by atoms with Crippen LogP contribution in [0.5, 0.6) is 0 Å². The van der Waals surface area contributed by atoms with Gasteiger partial charge in [0.15, 0.2) is 0 Å². The summed E-state index contributed by atoms with van der Waals surface area (Å²) in [7, 11) is 6.49. The van der Waals surface area contributed by atoms with Crippen LogP contribution in [0.4, 0.5) is 11.4 Å². The molecule has 0 aliphatic heterocycles. The van der Waals surface area contributed by atoms with E-state index in [4.69, 9.17) is 4.98 Å². The fourth-order valence-electron chi connectivity index (χ4n) is 9.07. The zero-order chi connectivity index (χ0) is 50.1. The molecule has 0 aliphatic rings. The number of hydrogen-bond acceptors (Lipinski definition) is 6. The number of anilines is 2. The summed E-state index contributed by atoms with van der Waals surface area (Å²) in [5, 5.41) is 11.5. The Morgan fingerprint density at radius 1 is 0.639 bits per heavy atom. The number of unbranched alkanes of at least 4 members (excludes halogenated alkanes) is 3. The van der Waals surface area contributed by atoms with Crippen LogP contribution in [-0.2, 0) is 0 Å². The van der Waals surface area contributed by atoms with Gasteiger partial charge in [0.1, 0.15) is 5.65 Å². The summed E-state index contributed by atoms with van der Waals surface area (Å²) in [5.41, 5.74) is 14.6. The first kappa shape index (κ1) is 62.6. The Balaban J connectivity index is 0.000000342. The third kappa shape index (κ3) is 14.6. The number of benzene rings is 2. The molecule has 72 heavy (non-hydrogen) atoms. The van der Waals surface area contributed by atoms with Gasteiger partial charge in [-0.2, -0.15) is 22.7 Å². The van der Waals surface area contributed by atoms with Gasteiger partial charge in [0.25, 0.3) is 0 Å². The summed E-state index contributed by atoms with van der Waals surface area (Å²) < 4.78 is 10.2. The number of nitrogens with zero attached hydrogens (tertiary/aromatic N) is 5. The number of pyridine rings is 2. The third-order valence-corrected chi connectivity index (χ3v) is 38.3. The van der Waals surface area contributed by atoms with Gasteiger partial charge in [-0.15, -0.1) is 0 Å². The van der Waals surface area contributed by atoms with Crippen molar-refractivity contribution in [3.05, 3.63) is 123 Å². The molecule has 2 aromatic carbocycles. The molecule has 8 rings (SSSR count). The van der Waals surface area contributed by atoms with Gasteiger partial charge in [0.05, 0.1) is 0 Å².